The molecule has 1 aromatic carbocycles. The monoisotopic (exact) mass is 409 g/mol. The Morgan fingerprint density at radius 2 is 1.94 bits per heavy atom. The second-order valence-corrected chi connectivity index (χ2v) is 6.69. The lowest BCUT2D eigenvalue weighted by atomic mass is 10.2. The van der Waals surface area contributed by atoms with E-state index in [1.54, 1.807) is 0 Å². The van der Waals surface area contributed by atoms with Crippen molar-refractivity contribution in [3.05, 3.63) is 36.1 Å². The average molecular weight is 412 g/mol. The number of hydrogen-bond donors (Lipinski definition) is 1. The summed E-state index contributed by atoms with van der Waals surface area (Å²) in [5.74, 6) is -0.343. The summed E-state index contributed by atoms with van der Waals surface area (Å²) in [6, 6.07) is 3.82. The van der Waals surface area contributed by atoms with Gasteiger partial charge in [0.2, 0.25) is 9.47 Å². The summed E-state index contributed by atoms with van der Waals surface area (Å²) in [5, 5.41) is 10.2. The minimum Gasteiger partial charge on any atom is -0.318 e. The molecule has 4 nitrogen and oxygen atoms in total. The van der Waals surface area contributed by atoms with Crippen LogP contribution in [0.4, 0.5) is 5.69 Å². The van der Waals surface area contributed by atoms with Crippen molar-refractivity contribution in [2.45, 2.75) is 6.92 Å². The van der Waals surface area contributed by atoms with E-state index < -0.39 is 0 Å². The molecule has 0 aliphatic heterocycles. The number of anilines is 1. The van der Waals surface area contributed by atoms with Crippen LogP contribution < -0.4 is 5.32 Å². The van der Waals surface area contributed by atoms with Crippen molar-refractivity contribution in [3.8, 4) is 0 Å². The largest absolute Gasteiger partial charge is 0.318 e. The standard InChI is InChI=1S/C10H6Br2ClN3OS/c1-4-2-5(11)7(6(12)3-4)14-8(17)9-15-16-10(13)18-9/h2-3H,1H3,(H,14,17). The molecule has 0 saturated carbocycles. The molecule has 0 saturated heterocycles. The van der Waals surface area contributed by atoms with Crippen LogP contribution in [-0.2, 0) is 0 Å². The van der Waals surface area contributed by atoms with Crippen molar-refractivity contribution in [3.63, 3.8) is 0 Å². The first kappa shape index (κ1) is 13.9. The normalized spacial score (nSPS) is 10.4. The zero-order chi connectivity index (χ0) is 13.3. The fourth-order valence-corrected chi connectivity index (χ4v) is 3.62. The summed E-state index contributed by atoms with van der Waals surface area (Å²) < 4.78 is 1.82. The Labute approximate surface area is 129 Å². The van der Waals surface area contributed by atoms with E-state index in [-0.39, 0.29) is 15.4 Å². The lowest BCUT2D eigenvalue weighted by molar-refractivity contribution is 0.102. The van der Waals surface area contributed by atoms with Crippen molar-refractivity contribution in [2.24, 2.45) is 0 Å². The highest BCUT2D eigenvalue weighted by molar-refractivity contribution is 9.11. The van der Waals surface area contributed by atoms with E-state index in [0.29, 0.717) is 5.69 Å². The van der Waals surface area contributed by atoms with Gasteiger partial charge in [-0.15, -0.1) is 10.2 Å². The maximum absolute atomic E-state index is 11.9. The van der Waals surface area contributed by atoms with Gasteiger partial charge in [0.15, 0.2) is 0 Å². The van der Waals surface area contributed by atoms with Crippen LogP contribution >= 0.6 is 54.8 Å². The zero-order valence-electron chi connectivity index (χ0n) is 9.00. The average Bonchev–Trinajstić information content (AvgIpc) is 2.70. The maximum atomic E-state index is 11.9. The van der Waals surface area contributed by atoms with Crippen LogP contribution in [0.1, 0.15) is 15.4 Å². The zero-order valence-corrected chi connectivity index (χ0v) is 13.7. The molecule has 0 atom stereocenters. The molecule has 94 valence electrons. The van der Waals surface area contributed by atoms with E-state index >= 15 is 0 Å². The number of aromatic nitrogens is 2. The van der Waals surface area contributed by atoms with Gasteiger partial charge in [0.1, 0.15) is 0 Å². The maximum Gasteiger partial charge on any atom is 0.286 e. The Balaban J connectivity index is 2.27. The lowest BCUT2D eigenvalue weighted by Gasteiger charge is -2.09. The summed E-state index contributed by atoms with van der Waals surface area (Å²) in [6.07, 6.45) is 0. The van der Waals surface area contributed by atoms with Gasteiger partial charge in [0.25, 0.3) is 5.91 Å². The molecule has 1 N–H and O–H groups in total. The van der Waals surface area contributed by atoms with Gasteiger partial charge >= 0.3 is 0 Å². The summed E-state index contributed by atoms with van der Waals surface area (Å²) in [6.45, 7) is 1.96. The van der Waals surface area contributed by atoms with Crippen LogP contribution in [0.15, 0.2) is 21.1 Å². The van der Waals surface area contributed by atoms with Crippen LogP contribution in [0, 0.1) is 6.92 Å². The molecule has 1 heterocycles. The van der Waals surface area contributed by atoms with E-state index in [1.165, 1.54) is 0 Å². The fourth-order valence-electron chi connectivity index (χ4n) is 1.28. The third-order valence-corrected chi connectivity index (χ3v) is 4.29. The van der Waals surface area contributed by atoms with Crippen molar-refractivity contribution in [2.75, 3.05) is 5.32 Å². The molecule has 2 aromatic rings. The lowest BCUT2D eigenvalue weighted by Crippen LogP contribution is -2.12. The van der Waals surface area contributed by atoms with E-state index in [4.69, 9.17) is 11.6 Å². The number of rotatable bonds is 2. The molecule has 2 rings (SSSR count). The van der Waals surface area contributed by atoms with Gasteiger partial charge in [0.05, 0.1) is 5.69 Å². The molecule has 0 unspecified atom stereocenters. The van der Waals surface area contributed by atoms with Crippen LogP contribution in [-0.4, -0.2) is 16.1 Å². The van der Waals surface area contributed by atoms with Gasteiger partial charge in [-0.05, 0) is 68.1 Å². The van der Waals surface area contributed by atoms with E-state index in [9.17, 15) is 4.79 Å². The minimum atomic E-state index is -0.343. The highest BCUT2D eigenvalue weighted by Crippen LogP contribution is 2.32. The van der Waals surface area contributed by atoms with Gasteiger partial charge in [-0.25, -0.2) is 0 Å². The second kappa shape index (κ2) is 5.64. The van der Waals surface area contributed by atoms with Crippen LogP contribution in [0.2, 0.25) is 4.47 Å². The number of carbonyl (C=O) groups excluding carboxylic acids is 1. The van der Waals surface area contributed by atoms with Gasteiger partial charge in [-0.3, -0.25) is 4.79 Å². The topological polar surface area (TPSA) is 54.9 Å². The Morgan fingerprint density at radius 1 is 1.33 bits per heavy atom. The highest BCUT2D eigenvalue weighted by atomic mass is 79.9. The SMILES string of the molecule is Cc1cc(Br)c(NC(=O)c2nnc(Cl)s2)c(Br)c1. The Hall–Kier alpha value is -0.500. The Morgan fingerprint density at radius 3 is 2.44 bits per heavy atom. The van der Waals surface area contributed by atoms with Crippen molar-refractivity contribution < 1.29 is 4.79 Å². The van der Waals surface area contributed by atoms with Crippen molar-refractivity contribution in [1.29, 1.82) is 0 Å². The summed E-state index contributed by atoms with van der Waals surface area (Å²) >= 11 is 13.5. The first-order valence-electron chi connectivity index (χ1n) is 4.73. The molecule has 1 amide bonds. The summed E-state index contributed by atoms with van der Waals surface area (Å²) in [4.78, 5) is 11.9. The molecule has 0 fully saturated rings. The van der Waals surface area contributed by atoms with Crippen LogP contribution in [0.5, 0.6) is 0 Å². The number of nitrogens with zero attached hydrogens (tertiary/aromatic N) is 2. The quantitative estimate of drug-likeness (QED) is 0.803. The molecule has 8 heteroatoms. The predicted molar refractivity (Wildman–Crippen MR) is 79.5 cm³/mol. The minimum absolute atomic E-state index is 0.222. The molecular formula is C10H6Br2ClN3OS. The third kappa shape index (κ3) is 3.09. The molecule has 0 spiro atoms. The number of amides is 1. The molecule has 1 aromatic heterocycles. The number of benzene rings is 1. The smallest absolute Gasteiger partial charge is 0.286 e. The number of hydrogen-bond acceptors (Lipinski definition) is 4. The molecule has 0 bridgehead atoms. The molecule has 0 radical (unpaired) electrons. The number of carbonyl (C=O) groups is 1. The number of nitrogens with one attached hydrogen (secondary N) is 1. The van der Waals surface area contributed by atoms with E-state index in [1.807, 2.05) is 19.1 Å². The van der Waals surface area contributed by atoms with E-state index in [0.717, 1.165) is 25.8 Å². The van der Waals surface area contributed by atoms with Crippen LogP contribution in [0.25, 0.3) is 0 Å². The van der Waals surface area contributed by atoms with Crippen LogP contribution in [0.3, 0.4) is 0 Å². The molecular weight excluding hydrogens is 405 g/mol. The van der Waals surface area contributed by atoms with Crippen molar-refractivity contribution in [1.82, 2.24) is 10.2 Å². The first-order valence-corrected chi connectivity index (χ1v) is 7.51. The summed E-state index contributed by atoms with van der Waals surface area (Å²) in [7, 11) is 0. The Bertz CT molecular complexity index is 594. The number of aryl methyl sites for hydroxylation is 1. The van der Waals surface area contributed by atoms with E-state index in [2.05, 4.69) is 47.4 Å². The highest BCUT2D eigenvalue weighted by Gasteiger charge is 2.15. The first-order chi connectivity index (χ1) is 8.47. The van der Waals surface area contributed by atoms with Gasteiger partial charge in [-0.2, -0.15) is 0 Å². The predicted octanol–water partition coefficient (Wildman–Crippen LogP) is 4.28. The van der Waals surface area contributed by atoms with Gasteiger partial charge in [-0.1, -0.05) is 11.3 Å². The number of halogens is 3. The molecule has 18 heavy (non-hydrogen) atoms. The summed E-state index contributed by atoms with van der Waals surface area (Å²) in [5.41, 5.74) is 1.72. The van der Waals surface area contributed by atoms with Gasteiger partial charge in [0, 0.05) is 8.95 Å². The van der Waals surface area contributed by atoms with Crippen molar-refractivity contribution >= 4 is 66.4 Å². The second-order valence-electron chi connectivity index (χ2n) is 3.42. The molecule has 0 aliphatic rings. The van der Waals surface area contributed by atoms with Gasteiger partial charge < -0.3 is 5.32 Å². The third-order valence-electron chi connectivity index (χ3n) is 2.02. The fraction of sp³-hybridized carbons (Fsp3) is 0.100. The molecule has 0 aliphatic carbocycles. The Kier molecular flexibility index (Phi) is 4.37.